The summed E-state index contributed by atoms with van der Waals surface area (Å²) >= 11 is 0. The number of likely N-dealkylation sites (tertiary alicyclic amines) is 1. The quantitative estimate of drug-likeness (QED) is 0.315. The molecular formula is C28H50N2O3. The van der Waals surface area contributed by atoms with Crippen molar-refractivity contribution in [2.45, 2.75) is 87.5 Å². The lowest BCUT2D eigenvalue weighted by Crippen LogP contribution is -2.33. The molecule has 0 aliphatic carbocycles. The summed E-state index contributed by atoms with van der Waals surface area (Å²) in [6.45, 7) is 20.2. The van der Waals surface area contributed by atoms with Gasteiger partial charge in [0.2, 0.25) is 0 Å². The second-order valence-electron chi connectivity index (χ2n) is 9.19. The Hall–Kier alpha value is -1.85. The number of nitrogens with two attached hydrogens (primary N) is 1. The molecule has 1 aromatic rings. The molecule has 1 atom stereocenters. The lowest BCUT2D eigenvalue weighted by molar-refractivity contribution is -0.118. The van der Waals surface area contributed by atoms with Crippen molar-refractivity contribution in [1.82, 2.24) is 4.90 Å². The molecule has 1 fully saturated rings. The largest absolute Gasteiger partial charge is 0.492 e. The van der Waals surface area contributed by atoms with Crippen molar-refractivity contribution in [3.8, 4) is 5.75 Å². The van der Waals surface area contributed by atoms with Crippen LogP contribution in [0.4, 0.5) is 0 Å². The Kier molecular flexibility index (Phi) is 16.6. The predicted octanol–water partition coefficient (Wildman–Crippen LogP) is 6.56. The first-order chi connectivity index (χ1) is 15.8. The van der Waals surface area contributed by atoms with E-state index in [1.165, 1.54) is 32.4 Å². The maximum atomic E-state index is 12.4. The highest BCUT2D eigenvalue weighted by atomic mass is 16.6. The Morgan fingerprint density at radius 1 is 1.06 bits per heavy atom. The molecule has 0 amide bonds. The topological polar surface area (TPSA) is 64.8 Å². The van der Waals surface area contributed by atoms with Crippen LogP contribution in [0.5, 0.6) is 5.75 Å². The fraction of sp³-hybridized carbons (Fsp3) is 0.679. The summed E-state index contributed by atoms with van der Waals surface area (Å²) in [7, 11) is 0. The maximum Gasteiger partial charge on any atom is 0.137 e. The predicted molar refractivity (Wildman–Crippen MR) is 140 cm³/mol. The minimum atomic E-state index is -0.171. The van der Waals surface area contributed by atoms with Crippen molar-refractivity contribution in [3.05, 3.63) is 41.7 Å². The van der Waals surface area contributed by atoms with Gasteiger partial charge in [0.1, 0.15) is 23.9 Å². The minimum Gasteiger partial charge on any atom is -0.492 e. The number of hydrogen-bond acceptors (Lipinski definition) is 5. The molecule has 2 rings (SSSR count). The summed E-state index contributed by atoms with van der Waals surface area (Å²) in [4.78, 5) is 19.9. The number of carbonyl (C=O) groups is 1. The van der Waals surface area contributed by atoms with Crippen molar-refractivity contribution >= 4 is 5.78 Å². The van der Waals surface area contributed by atoms with E-state index >= 15 is 0 Å². The van der Waals surface area contributed by atoms with E-state index in [1.807, 2.05) is 85.7 Å². The summed E-state index contributed by atoms with van der Waals surface area (Å²) in [5, 5.41) is 0. The molecule has 1 unspecified atom stereocenters. The number of ether oxygens (including phenoxy) is 1. The van der Waals surface area contributed by atoms with Crippen LogP contribution < -0.4 is 10.6 Å². The van der Waals surface area contributed by atoms with E-state index in [4.69, 9.17) is 15.5 Å². The van der Waals surface area contributed by atoms with Gasteiger partial charge in [-0.15, -0.1) is 0 Å². The molecule has 1 aliphatic rings. The first kappa shape index (κ1) is 31.1. The van der Waals surface area contributed by atoms with E-state index < -0.39 is 0 Å². The van der Waals surface area contributed by atoms with Crippen LogP contribution >= 0.6 is 0 Å². The molecule has 0 radical (unpaired) electrons. The van der Waals surface area contributed by atoms with Crippen LogP contribution in [0.3, 0.4) is 0 Å². The molecule has 1 saturated heterocycles. The van der Waals surface area contributed by atoms with Crippen LogP contribution in [0.15, 0.2) is 36.1 Å². The number of carbonyl (C=O) groups excluding carboxylic acids is 1. The van der Waals surface area contributed by atoms with Gasteiger partial charge in [-0.3, -0.25) is 9.69 Å². The van der Waals surface area contributed by atoms with Crippen molar-refractivity contribution in [3.63, 3.8) is 0 Å². The van der Waals surface area contributed by atoms with Gasteiger partial charge in [0, 0.05) is 24.8 Å². The van der Waals surface area contributed by atoms with Crippen LogP contribution in [0.2, 0.25) is 0 Å². The summed E-state index contributed by atoms with van der Waals surface area (Å²) < 4.78 is 5.86. The third kappa shape index (κ3) is 13.4. The normalized spacial score (nSPS) is 15.4. The number of rotatable bonds is 10. The van der Waals surface area contributed by atoms with Gasteiger partial charge in [0.25, 0.3) is 0 Å². The molecule has 2 N–H and O–H groups in total. The maximum absolute atomic E-state index is 12.4. The lowest BCUT2D eigenvalue weighted by atomic mass is 9.90. The molecule has 0 bridgehead atoms. The molecule has 5 nitrogen and oxygen atoms in total. The van der Waals surface area contributed by atoms with Crippen LogP contribution in [-0.2, 0) is 16.1 Å². The molecular weight excluding hydrogens is 412 g/mol. The number of ketones is 1. The van der Waals surface area contributed by atoms with Gasteiger partial charge in [-0.25, -0.2) is 0 Å². The van der Waals surface area contributed by atoms with Gasteiger partial charge >= 0.3 is 0 Å². The molecule has 190 valence electrons. The number of nitrogens with zero attached hydrogens (tertiary/aromatic N) is 1. The van der Waals surface area contributed by atoms with Gasteiger partial charge in [-0.1, -0.05) is 73.9 Å². The third-order valence-corrected chi connectivity index (χ3v) is 5.30. The van der Waals surface area contributed by atoms with Crippen molar-refractivity contribution in [2.75, 3.05) is 26.2 Å². The molecule has 33 heavy (non-hydrogen) atoms. The van der Waals surface area contributed by atoms with E-state index in [9.17, 15) is 4.79 Å². The van der Waals surface area contributed by atoms with E-state index in [0.717, 1.165) is 17.9 Å². The monoisotopic (exact) mass is 462 g/mol. The number of Topliss-reactive ketones (excluding diaryl/α,β-unsaturated/α-hetero) is 1. The molecule has 0 spiro atoms. The SMILES string of the molecule is CC.CC.CC(/C=C(\ON)C(C)(C)C)CC(=O)Cc1ccc(OCCN2CCCCC2)cc1. The Bertz CT molecular complexity index is 657. The molecule has 1 aliphatic heterocycles. The average molecular weight is 463 g/mol. The minimum absolute atomic E-state index is 0.0812. The second kappa shape index (κ2) is 17.6. The molecule has 1 aromatic carbocycles. The van der Waals surface area contributed by atoms with E-state index in [-0.39, 0.29) is 17.1 Å². The average Bonchev–Trinajstić information content (AvgIpc) is 2.81. The van der Waals surface area contributed by atoms with Crippen LogP contribution in [0.25, 0.3) is 0 Å². The molecule has 0 saturated carbocycles. The lowest BCUT2D eigenvalue weighted by Gasteiger charge is -2.26. The van der Waals surface area contributed by atoms with E-state index in [1.54, 1.807) is 0 Å². The van der Waals surface area contributed by atoms with Crippen LogP contribution in [0, 0.1) is 11.3 Å². The highest BCUT2D eigenvalue weighted by Gasteiger charge is 2.20. The van der Waals surface area contributed by atoms with Crippen molar-refractivity contribution < 1.29 is 14.4 Å². The van der Waals surface area contributed by atoms with Gasteiger partial charge in [-0.05, 0) is 55.6 Å². The summed E-state index contributed by atoms with van der Waals surface area (Å²) in [6.07, 6.45) is 6.81. The summed E-state index contributed by atoms with van der Waals surface area (Å²) in [5.41, 5.74) is 0.844. The number of allylic oxidation sites excluding steroid dienone is 2. The molecule has 5 heteroatoms. The van der Waals surface area contributed by atoms with Crippen LogP contribution in [-0.4, -0.2) is 36.9 Å². The highest BCUT2D eigenvalue weighted by Crippen LogP contribution is 2.27. The first-order valence-electron chi connectivity index (χ1n) is 12.8. The zero-order chi connectivity index (χ0) is 25.3. The fourth-order valence-electron chi connectivity index (χ4n) is 3.62. The van der Waals surface area contributed by atoms with E-state index in [0.29, 0.717) is 25.2 Å². The zero-order valence-corrected chi connectivity index (χ0v) is 22.6. The smallest absolute Gasteiger partial charge is 0.137 e. The highest BCUT2D eigenvalue weighted by molar-refractivity contribution is 5.81. The second-order valence-corrected chi connectivity index (χ2v) is 9.19. The van der Waals surface area contributed by atoms with Crippen molar-refractivity contribution in [2.24, 2.45) is 17.2 Å². The Labute approximate surface area is 203 Å². The Balaban J connectivity index is 0.00000242. The number of piperidine rings is 1. The summed E-state index contributed by atoms with van der Waals surface area (Å²) in [5.74, 6) is 7.25. The summed E-state index contributed by atoms with van der Waals surface area (Å²) in [6, 6.07) is 7.89. The van der Waals surface area contributed by atoms with Crippen molar-refractivity contribution in [1.29, 1.82) is 0 Å². The number of hydrogen-bond donors (Lipinski definition) is 1. The van der Waals surface area contributed by atoms with Crippen LogP contribution in [0.1, 0.15) is 86.6 Å². The van der Waals surface area contributed by atoms with Gasteiger partial charge in [0.15, 0.2) is 0 Å². The first-order valence-corrected chi connectivity index (χ1v) is 12.8. The zero-order valence-electron chi connectivity index (χ0n) is 22.6. The third-order valence-electron chi connectivity index (χ3n) is 5.30. The van der Waals surface area contributed by atoms with Gasteiger partial charge in [-0.2, -0.15) is 5.90 Å². The fourth-order valence-corrected chi connectivity index (χ4v) is 3.62. The number of benzene rings is 1. The Morgan fingerprint density at radius 3 is 2.15 bits per heavy atom. The molecule has 0 aromatic heterocycles. The molecule has 1 heterocycles. The van der Waals surface area contributed by atoms with Gasteiger partial charge < -0.3 is 9.57 Å². The standard InChI is InChI=1S/C24H38N2O3.2C2H6/c1-19(17-23(29-25)24(2,3)4)16-21(27)18-20-8-10-22(11-9-20)28-15-14-26-12-6-5-7-13-26;2*1-2/h8-11,17,19H,5-7,12-16,18,25H2,1-4H3;2*1-2H3/b23-17-;;. The Morgan fingerprint density at radius 2 is 1.64 bits per heavy atom. The van der Waals surface area contributed by atoms with Gasteiger partial charge in [0.05, 0.1) is 0 Å². The van der Waals surface area contributed by atoms with E-state index in [2.05, 4.69) is 4.90 Å².